The van der Waals surface area contributed by atoms with Gasteiger partial charge >= 0.3 is 0 Å². The molecule has 1 aliphatic heterocycles. The van der Waals surface area contributed by atoms with E-state index in [4.69, 9.17) is 0 Å². The van der Waals surface area contributed by atoms with Gasteiger partial charge in [0, 0.05) is 25.5 Å². The highest BCUT2D eigenvalue weighted by Gasteiger charge is 2.09. The van der Waals surface area contributed by atoms with Crippen molar-refractivity contribution in [1.29, 1.82) is 0 Å². The van der Waals surface area contributed by atoms with Crippen LogP contribution in [0.3, 0.4) is 0 Å². The van der Waals surface area contributed by atoms with Crippen LogP contribution in [0.1, 0.15) is 45.1 Å². The molecule has 1 aliphatic rings. The summed E-state index contributed by atoms with van der Waals surface area (Å²) in [6.45, 7) is 10.1. The molecule has 0 atom stereocenters. The highest BCUT2D eigenvalue weighted by Crippen LogP contribution is 2.08. The van der Waals surface area contributed by atoms with E-state index < -0.39 is 0 Å². The van der Waals surface area contributed by atoms with Crippen molar-refractivity contribution >= 4 is 0 Å². The fourth-order valence-corrected chi connectivity index (χ4v) is 2.06. The molecule has 112 valence electrons. The average molecular weight is 274 g/mol. The van der Waals surface area contributed by atoms with E-state index in [0.29, 0.717) is 0 Å². The summed E-state index contributed by atoms with van der Waals surface area (Å²) in [5.41, 5.74) is 1.32. The molecule has 0 spiro atoms. The average Bonchev–Trinajstić information content (AvgIpc) is 2.92. The largest absolute Gasteiger partial charge is 0.359 e. The zero-order valence-electron chi connectivity index (χ0n) is 13.4. The number of rotatable bonds is 6. The molecule has 0 aromatic heterocycles. The Labute approximate surface area is 125 Å². The van der Waals surface area contributed by atoms with E-state index in [1.165, 1.54) is 44.3 Å². The van der Waals surface area contributed by atoms with Crippen LogP contribution < -0.4 is 0 Å². The molecule has 1 aromatic carbocycles. The minimum absolute atomic E-state index is 1.11. The van der Waals surface area contributed by atoms with Crippen molar-refractivity contribution in [2.45, 2.75) is 46.5 Å². The molecular weight excluding hydrogens is 244 g/mol. The van der Waals surface area contributed by atoms with Gasteiger partial charge in [-0.25, -0.2) is 0 Å². The molecule has 1 aromatic rings. The molecule has 2 rings (SSSR count). The third-order valence-corrected chi connectivity index (χ3v) is 3.39. The Morgan fingerprint density at radius 3 is 1.70 bits per heavy atom. The second-order valence-corrected chi connectivity index (χ2v) is 5.43. The zero-order chi connectivity index (χ0) is 14.6. The van der Waals surface area contributed by atoms with Crippen LogP contribution in [0.4, 0.5) is 0 Å². The van der Waals surface area contributed by atoms with Crippen molar-refractivity contribution in [3.05, 3.63) is 48.3 Å². The van der Waals surface area contributed by atoms with E-state index in [0.717, 1.165) is 6.67 Å². The number of unbranched alkanes of at least 4 members (excludes halogenated alkanes) is 2. The van der Waals surface area contributed by atoms with Gasteiger partial charge in [0.15, 0.2) is 0 Å². The highest BCUT2D eigenvalue weighted by molar-refractivity contribution is 5.11. The number of nitrogens with zero attached hydrogens (tertiary/aromatic N) is 2. The lowest BCUT2D eigenvalue weighted by atomic mass is 10.2. The van der Waals surface area contributed by atoms with Crippen LogP contribution in [0.25, 0.3) is 0 Å². The first-order valence-electron chi connectivity index (χ1n) is 7.94. The maximum atomic E-state index is 2.40. The van der Waals surface area contributed by atoms with E-state index >= 15 is 0 Å². The summed E-state index contributed by atoms with van der Waals surface area (Å²) in [6.07, 6.45) is 9.66. The van der Waals surface area contributed by atoms with Crippen molar-refractivity contribution < 1.29 is 0 Å². The molecule has 0 bridgehead atoms. The van der Waals surface area contributed by atoms with Gasteiger partial charge in [0.2, 0.25) is 0 Å². The topological polar surface area (TPSA) is 6.48 Å². The van der Waals surface area contributed by atoms with E-state index in [-0.39, 0.29) is 0 Å². The van der Waals surface area contributed by atoms with Gasteiger partial charge in [-0.1, -0.05) is 62.6 Å². The second-order valence-electron chi connectivity index (χ2n) is 5.43. The van der Waals surface area contributed by atoms with Crippen molar-refractivity contribution in [3.63, 3.8) is 0 Å². The van der Waals surface area contributed by atoms with Crippen LogP contribution in [-0.4, -0.2) is 29.6 Å². The molecule has 2 heteroatoms. The van der Waals surface area contributed by atoms with Crippen LogP contribution >= 0.6 is 0 Å². The maximum absolute atomic E-state index is 2.40. The summed E-state index contributed by atoms with van der Waals surface area (Å²) in [4.78, 5) is 4.80. The van der Waals surface area contributed by atoms with Crippen LogP contribution in [0.15, 0.2) is 42.7 Å². The van der Waals surface area contributed by atoms with Crippen molar-refractivity contribution in [1.82, 2.24) is 9.80 Å². The Balaban J connectivity index is 0.000000240. The number of hydrogen-bond donors (Lipinski definition) is 0. The Bertz CT molecular complexity index is 343. The predicted molar refractivity (Wildman–Crippen MR) is 88.4 cm³/mol. The summed E-state index contributed by atoms with van der Waals surface area (Å²) in [6, 6.07) is 10.3. The lowest BCUT2D eigenvalue weighted by Crippen LogP contribution is -2.26. The van der Waals surface area contributed by atoms with E-state index in [9.17, 15) is 0 Å². The molecule has 20 heavy (non-hydrogen) atoms. The third kappa shape index (κ3) is 7.22. The van der Waals surface area contributed by atoms with Crippen LogP contribution in [0, 0.1) is 6.92 Å². The normalized spacial score (nSPS) is 13.3. The molecule has 2 nitrogen and oxygen atoms in total. The predicted octanol–water partition coefficient (Wildman–Crippen LogP) is 4.63. The van der Waals surface area contributed by atoms with Gasteiger partial charge in [0.05, 0.1) is 6.67 Å². The summed E-state index contributed by atoms with van der Waals surface area (Å²) in [7, 11) is 0. The first-order valence-corrected chi connectivity index (χ1v) is 7.94. The molecule has 0 unspecified atom stereocenters. The Kier molecular flexibility index (Phi) is 8.61. The molecule has 1 heterocycles. The lowest BCUT2D eigenvalue weighted by molar-refractivity contribution is 0.260. The van der Waals surface area contributed by atoms with Crippen molar-refractivity contribution in [2.75, 3.05) is 19.8 Å². The fraction of sp³-hybridized carbons (Fsp3) is 0.556. The summed E-state index contributed by atoms with van der Waals surface area (Å²) in [5, 5.41) is 0. The van der Waals surface area contributed by atoms with E-state index in [1.54, 1.807) is 0 Å². The molecule has 0 saturated carbocycles. The quantitative estimate of drug-likeness (QED) is 0.746. The summed E-state index contributed by atoms with van der Waals surface area (Å²) >= 11 is 0. The number of aryl methyl sites for hydroxylation is 1. The van der Waals surface area contributed by atoms with E-state index in [2.05, 4.69) is 55.1 Å². The van der Waals surface area contributed by atoms with Gasteiger partial charge in [-0.05, 0) is 19.8 Å². The lowest BCUT2D eigenvalue weighted by Gasteiger charge is -2.20. The number of benzene rings is 1. The third-order valence-electron chi connectivity index (χ3n) is 3.39. The Morgan fingerprint density at radius 2 is 1.35 bits per heavy atom. The van der Waals surface area contributed by atoms with Crippen molar-refractivity contribution in [3.8, 4) is 0 Å². The molecule has 0 saturated heterocycles. The smallest absolute Gasteiger partial charge is 0.0893 e. The van der Waals surface area contributed by atoms with Crippen LogP contribution in [-0.2, 0) is 0 Å². The first kappa shape index (κ1) is 16.6. The van der Waals surface area contributed by atoms with Gasteiger partial charge < -0.3 is 9.80 Å². The molecule has 0 fully saturated rings. The Morgan fingerprint density at radius 1 is 0.850 bits per heavy atom. The molecular formula is C18H30N2. The van der Waals surface area contributed by atoms with Gasteiger partial charge in [0.25, 0.3) is 0 Å². The standard InChI is InChI=1S/C11H22N2.C7H8/c1-3-5-7-12-9-10-13(11-12)8-6-4-2;1-7-5-3-2-4-6-7/h9-10H,3-8,11H2,1-2H3;2-6H,1H3. The molecule has 0 aliphatic carbocycles. The monoisotopic (exact) mass is 274 g/mol. The van der Waals surface area contributed by atoms with Gasteiger partial charge in [-0.15, -0.1) is 0 Å². The maximum Gasteiger partial charge on any atom is 0.0893 e. The zero-order valence-corrected chi connectivity index (χ0v) is 13.4. The van der Waals surface area contributed by atoms with Gasteiger partial charge in [0.1, 0.15) is 0 Å². The first-order chi connectivity index (χ1) is 9.76. The highest BCUT2D eigenvalue weighted by atomic mass is 15.3. The summed E-state index contributed by atoms with van der Waals surface area (Å²) in [5.74, 6) is 0. The van der Waals surface area contributed by atoms with E-state index in [1.807, 2.05) is 18.2 Å². The fourth-order valence-electron chi connectivity index (χ4n) is 2.06. The number of hydrogen-bond acceptors (Lipinski definition) is 2. The molecule has 0 N–H and O–H groups in total. The van der Waals surface area contributed by atoms with Crippen LogP contribution in [0.2, 0.25) is 0 Å². The SMILES string of the molecule is CCCCN1C=CN(CCCC)C1.Cc1ccccc1. The van der Waals surface area contributed by atoms with Gasteiger partial charge in [-0.2, -0.15) is 0 Å². The van der Waals surface area contributed by atoms with Crippen LogP contribution in [0.5, 0.6) is 0 Å². The minimum Gasteiger partial charge on any atom is -0.359 e. The minimum atomic E-state index is 1.11. The molecule has 0 amide bonds. The van der Waals surface area contributed by atoms with Crippen molar-refractivity contribution in [2.24, 2.45) is 0 Å². The Hall–Kier alpha value is -1.44. The van der Waals surface area contributed by atoms with Gasteiger partial charge in [-0.3, -0.25) is 0 Å². The molecule has 0 radical (unpaired) electrons. The summed E-state index contributed by atoms with van der Waals surface area (Å²) < 4.78 is 0. The second kappa shape index (κ2) is 10.4.